The molecule has 2 aliphatic rings. The van der Waals surface area contributed by atoms with Crippen molar-refractivity contribution in [3.8, 4) is 5.75 Å². The molecule has 25 heavy (non-hydrogen) atoms. The molecule has 1 saturated carbocycles. The lowest BCUT2D eigenvalue weighted by Gasteiger charge is -2.33. The van der Waals surface area contributed by atoms with Crippen molar-refractivity contribution in [2.45, 2.75) is 63.1 Å². The minimum Gasteiger partial charge on any atom is -0.490 e. The fraction of sp³-hybridized carbons (Fsp3) is 0.650. The Morgan fingerprint density at radius 1 is 1.12 bits per heavy atom. The van der Waals surface area contributed by atoms with E-state index in [0.717, 1.165) is 30.6 Å². The number of β-amino-alcohol motifs (C(OH)–C–C–N with tert-alkyl or cyclic N) is 1. The molecule has 3 rings (SSSR count). The molecule has 2 fully saturated rings. The predicted octanol–water partition coefficient (Wildman–Crippen LogP) is 2.42. The van der Waals surface area contributed by atoms with Gasteiger partial charge in [0, 0.05) is 6.54 Å². The van der Waals surface area contributed by atoms with Crippen molar-refractivity contribution >= 4 is 5.91 Å². The van der Waals surface area contributed by atoms with Gasteiger partial charge in [0.2, 0.25) is 5.91 Å². The van der Waals surface area contributed by atoms with Crippen LogP contribution < -0.4 is 4.74 Å². The van der Waals surface area contributed by atoms with Crippen molar-refractivity contribution in [3.63, 3.8) is 0 Å². The summed E-state index contributed by atoms with van der Waals surface area (Å²) >= 11 is 0. The van der Waals surface area contributed by atoms with Crippen molar-refractivity contribution in [3.05, 3.63) is 29.8 Å². The second-order valence-corrected chi connectivity index (χ2v) is 7.81. The first kappa shape index (κ1) is 18.2. The first-order valence-corrected chi connectivity index (χ1v) is 9.30. The Hall–Kier alpha value is -1.59. The summed E-state index contributed by atoms with van der Waals surface area (Å²) in [4.78, 5) is 14.2. The van der Waals surface area contributed by atoms with Crippen LogP contribution in [-0.4, -0.2) is 51.9 Å². The van der Waals surface area contributed by atoms with Gasteiger partial charge in [-0.25, -0.2) is 0 Å². The van der Waals surface area contributed by atoms with Gasteiger partial charge in [-0.15, -0.1) is 0 Å². The third-order valence-corrected chi connectivity index (χ3v) is 5.54. The normalized spacial score (nSPS) is 25.8. The average molecular weight is 347 g/mol. The number of nitrogens with zero attached hydrogens (tertiary/aromatic N) is 1. The number of benzene rings is 1. The van der Waals surface area contributed by atoms with Gasteiger partial charge in [-0.2, -0.15) is 0 Å². The van der Waals surface area contributed by atoms with E-state index in [1.165, 1.54) is 0 Å². The summed E-state index contributed by atoms with van der Waals surface area (Å²) < 4.78 is 5.78. The van der Waals surface area contributed by atoms with Gasteiger partial charge in [-0.3, -0.25) is 4.79 Å². The van der Waals surface area contributed by atoms with Gasteiger partial charge in [0.25, 0.3) is 0 Å². The molecule has 0 bridgehead atoms. The molecule has 1 aromatic rings. The van der Waals surface area contributed by atoms with Gasteiger partial charge >= 0.3 is 0 Å². The van der Waals surface area contributed by atoms with Crippen LogP contribution in [0.3, 0.4) is 0 Å². The molecule has 0 unspecified atom stereocenters. The Kier molecular flexibility index (Phi) is 5.35. The number of rotatable bonds is 5. The number of aryl methyl sites for hydroxylation is 1. The number of carbonyl (C=O) groups is 1. The Morgan fingerprint density at radius 3 is 2.56 bits per heavy atom. The Morgan fingerprint density at radius 2 is 1.84 bits per heavy atom. The second-order valence-electron chi connectivity index (χ2n) is 7.81. The minimum absolute atomic E-state index is 0.0591. The summed E-state index contributed by atoms with van der Waals surface area (Å²) in [7, 11) is 0. The first-order chi connectivity index (χ1) is 11.9. The zero-order chi connectivity index (χ0) is 17.9. The van der Waals surface area contributed by atoms with Gasteiger partial charge in [-0.05, 0) is 37.8 Å². The highest BCUT2D eigenvalue weighted by atomic mass is 16.5. The largest absolute Gasteiger partial charge is 0.490 e. The number of para-hydroxylation sites is 1. The fourth-order valence-electron chi connectivity index (χ4n) is 3.90. The maximum Gasteiger partial charge on any atom is 0.225 e. The van der Waals surface area contributed by atoms with E-state index < -0.39 is 11.2 Å². The van der Waals surface area contributed by atoms with E-state index >= 15 is 0 Å². The molecular weight excluding hydrogens is 318 g/mol. The molecule has 1 aromatic carbocycles. The van der Waals surface area contributed by atoms with Crippen LogP contribution in [0.15, 0.2) is 24.3 Å². The summed E-state index contributed by atoms with van der Waals surface area (Å²) in [6.07, 6.45) is 5.18. The molecule has 2 N–H and O–H groups in total. The molecule has 1 aliphatic heterocycles. The molecule has 1 amide bonds. The number of carbonyl (C=O) groups excluding carboxylic acids is 1. The zero-order valence-corrected chi connectivity index (χ0v) is 15.0. The maximum absolute atomic E-state index is 12.5. The van der Waals surface area contributed by atoms with Crippen molar-refractivity contribution < 1.29 is 19.7 Å². The average Bonchev–Trinajstić information content (AvgIpc) is 2.97. The number of amides is 1. The molecule has 0 radical (unpaired) electrons. The summed E-state index contributed by atoms with van der Waals surface area (Å²) in [6.45, 7) is 2.93. The number of aliphatic hydroxyl groups is 2. The van der Waals surface area contributed by atoms with E-state index in [1.807, 2.05) is 31.2 Å². The van der Waals surface area contributed by atoms with Crippen molar-refractivity contribution in [1.82, 2.24) is 4.90 Å². The number of hydrogen-bond acceptors (Lipinski definition) is 4. The third-order valence-electron chi connectivity index (χ3n) is 5.54. The highest BCUT2D eigenvalue weighted by Gasteiger charge is 2.41. The van der Waals surface area contributed by atoms with Gasteiger partial charge in [-0.1, -0.05) is 37.5 Å². The van der Waals surface area contributed by atoms with Crippen LogP contribution in [0.4, 0.5) is 0 Å². The Labute approximate surface area is 149 Å². The Bertz CT molecular complexity index is 611. The topological polar surface area (TPSA) is 70.0 Å². The first-order valence-electron chi connectivity index (χ1n) is 9.30. The van der Waals surface area contributed by atoms with Crippen molar-refractivity contribution in [2.24, 2.45) is 0 Å². The quantitative estimate of drug-likeness (QED) is 0.858. The van der Waals surface area contributed by atoms with Gasteiger partial charge in [0.1, 0.15) is 18.0 Å². The maximum atomic E-state index is 12.5. The molecule has 1 heterocycles. The monoisotopic (exact) mass is 347 g/mol. The summed E-state index contributed by atoms with van der Waals surface area (Å²) in [5.41, 5.74) is -0.850. The SMILES string of the molecule is Cc1ccccc1OC[C@]1(O)CCN(C(=O)CC2(O)CCCCC2)C1. The van der Waals surface area contributed by atoms with Gasteiger partial charge in [0.15, 0.2) is 0 Å². The van der Waals surface area contributed by atoms with E-state index in [4.69, 9.17) is 4.74 Å². The van der Waals surface area contributed by atoms with Crippen LogP contribution in [0.25, 0.3) is 0 Å². The highest BCUT2D eigenvalue weighted by molar-refractivity contribution is 5.77. The van der Waals surface area contributed by atoms with Crippen LogP contribution in [0.1, 0.15) is 50.5 Å². The lowest BCUT2D eigenvalue weighted by Crippen LogP contribution is -2.43. The second kappa shape index (κ2) is 7.34. The Balaban J connectivity index is 1.53. The van der Waals surface area contributed by atoms with Gasteiger partial charge < -0.3 is 19.8 Å². The van der Waals surface area contributed by atoms with E-state index in [0.29, 0.717) is 25.8 Å². The minimum atomic E-state index is -1.02. The van der Waals surface area contributed by atoms with Crippen LogP contribution in [0.5, 0.6) is 5.75 Å². The number of hydrogen-bond donors (Lipinski definition) is 2. The number of likely N-dealkylation sites (tertiary alicyclic amines) is 1. The van der Waals surface area contributed by atoms with E-state index in [-0.39, 0.29) is 25.5 Å². The smallest absolute Gasteiger partial charge is 0.225 e. The standard InChI is InChI=1S/C20H29NO4/c1-16-7-3-4-8-17(16)25-15-20(24)11-12-21(14-20)18(22)13-19(23)9-5-2-6-10-19/h3-4,7-8,23-24H,2,5-6,9-15H2,1H3/t20-/m0/s1. The van der Waals surface area contributed by atoms with Crippen LogP contribution >= 0.6 is 0 Å². The van der Waals surface area contributed by atoms with Crippen LogP contribution in [-0.2, 0) is 4.79 Å². The van der Waals surface area contributed by atoms with E-state index in [2.05, 4.69) is 0 Å². The fourth-order valence-corrected chi connectivity index (χ4v) is 3.90. The van der Waals surface area contributed by atoms with Crippen LogP contribution in [0.2, 0.25) is 0 Å². The number of ether oxygens (including phenoxy) is 1. The summed E-state index contributed by atoms with van der Waals surface area (Å²) in [5, 5.41) is 21.3. The lowest BCUT2D eigenvalue weighted by atomic mass is 9.82. The highest BCUT2D eigenvalue weighted by Crippen LogP contribution is 2.32. The molecule has 0 spiro atoms. The lowest BCUT2D eigenvalue weighted by molar-refractivity contribution is -0.138. The molecule has 1 atom stereocenters. The molecule has 138 valence electrons. The predicted molar refractivity (Wildman–Crippen MR) is 95.5 cm³/mol. The molecular formula is C20H29NO4. The zero-order valence-electron chi connectivity index (χ0n) is 15.0. The van der Waals surface area contributed by atoms with Crippen LogP contribution in [0, 0.1) is 6.92 Å². The van der Waals surface area contributed by atoms with E-state index in [1.54, 1.807) is 4.90 Å². The molecule has 5 nitrogen and oxygen atoms in total. The molecule has 0 aromatic heterocycles. The third kappa shape index (κ3) is 4.53. The van der Waals surface area contributed by atoms with Gasteiger partial charge in [0.05, 0.1) is 18.6 Å². The van der Waals surface area contributed by atoms with Crippen molar-refractivity contribution in [2.75, 3.05) is 19.7 Å². The molecule has 1 aliphatic carbocycles. The van der Waals surface area contributed by atoms with E-state index in [9.17, 15) is 15.0 Å². The molecule has 1 saturated heterocycles. The summed E-state index contributed by atoms with van der Waals surface area (Å²) in [5.74, 6) is 0.702. The molecule has 5 heteroatoms. The van der Waals surface area contributed by atoms with Crippen molar-refractivity contribution in [1.29, 1.82) is 0 Å². The summed E-state index contributed by atoms with van der Waals surface area (Å²) in [6, 6.07) is 7.70.